The average molecular weight is 316 g/mol. The maximum atomic E-state index is 13.8. The monoisotopic (exact) mass is 316 g/mol. The van der Waals surface area contributed by atoms with Crippen LogP contribution < -0.4 is 14.6 Å². The molecule has 0 fully saturated rings. The molecule has 0 N–H and O–H groups in total. The van der Waals surface area contributed by atoms with Crippen molar-refractivity contribution < 1.29 is 13.8 Å². The Hall–Kier alpha value is -1.99. The maximum absolute atomic E-state index is 13.8. The van der Waals surface area contributed by atoms with E-state index in [9.17, 15) is 4.57 Å². The standard InChI is InChI=1S/C18H21O3P/c1-5-20-16-13-9-10-14-17(16)22(19,18(2,3)4)21-15-11-7-6-8-12-15/h5-14H,1H2,2-4H3. The average Bonchev–Trinajstić information content (AvgIpc) is 2.48. The molecule has 0 aromatic heterocycles. The highest BCUT2D eigenvalue weighted by atomic mass is 31.2. The van der Waals surface area contributed by atoms with Gasteiger partial charge in [0, 0.05) is 0 Å². The van der Waals surface area contributed by atoms with Gasteiger partial charge in [-0.2, -0.15) is 0 Å². The number of para-hydroxylation sites is 2. The first kappa shape index (κ1) is 16.4. The van der Waals surface area contributed by atoms with Crippen molar-refractivity contribution in [3.8, 4) is 11.5 Å². The van der Waals surface area contributed by atoms with Crippen LogP contribution >= 0.6 is 7.37 Å². The second-order valence-electron chi connectivity index (χ2n) is 5.88. The molecule has 0 amide bonds. The molecule has 1 unspecified atom stereocenters. The van der Waals surface area contributed by atoms with Crippen LogP contribution in [0.25, 0.3) is 0 Å². The summed E-state index contributed by atoms with van der Waals surface area (Å²) in [7, 11) is -3.22. The highest BCUT2D eigenvalue weighted by molar-refractivity contribution is 7.69. The van der Waals surface area contributed by atoms with Crippen molar-refractivity contribution in [3.63, 3.8) is 0 Å². The predicted octanol–water partition coefficient (Wildman–Crippen LogP) is 4.99. The van der Waals surface area contributed by atoms with E-state index in [1.54, 1.807) is 24.3 Å². The molecule has 22 heavy (non-hydrogen) atoms. The first-order chi connectivity index (χ1) is 10.4. The van der Waals surface area contributed by atoms with Gasteiger partial charge >= 0.3 is 0 Å². The summed E-state index contributed by atoms with van der Waals surface area (Å²) in [5, 5.41) is -0.0185. The van der Waals surface area contributed by atoms with E-state index < -0.39 is 12.5 Å². The van der Waals surface area contributed by atoms with Crippen LogP contribution in [-0.4, -0.2) is 5.16 Å². The van der Waals surface area contributed by atoms with Crippen molar-refractivity contribution in [1.29, 1.82) is 0 Å². The molecule has 116 valence electrons. The fraction of sp³-hybridized carbons (Fsp3) is 0.222. The fourth-order valence-electron chi connectivity index (χ4n) is 2.07. The van der Waals surface area contributed by atoms with Crippen molar-refractivity contribution in [2.24, 2.45) is 0 Å². The van der Waals surface area contributed by atoms with Crippen LogP contribution in [-0.2, 0) is 4.57 Å². The minimum atomic E-state index is -3.22. The molecule has 0 heterocycles. The van der Waals surface area contributed by atoms with E-state index >= 15 is 0 Å². The lowest BCUT2D eigenvalue weighted by atomic mass is 10.3. The molecule has 0 aliphatic carbocycles. The topological polar surface area (TPSA) is 35.5 Å². The Morgan fingerprint density at radius 1 is 1.00 bits per heavy atom. The minimum absolute atomic E-state index is 0.506. The van der Waals surface area contributed by atoms with Gasteiger partial charge in [-0.25, -0.2) is 0 Å². The largest absolute Gasteiger partial charge is 0.465 e. The third-order valence-electron chi connectivity index (χ3n) is 3.25. The predicted molar refractivity (Wildman–Crippen MR) is 91.3 cm³/mol. The Kier molecular flexibility index (Phi) is 4.77. The molecule has 1 atom stereocenters. The SMILES string of the molecule is C=COc1ccccc1P(=O)(Oc1ccccc1)C(C)(C)C. The Labute approximate surface area is 132 Å². The Morgan fingerprint density at radius 2 is 1.59 bits per heavy atom. The molecule has 0 saturated carbocycles. The summed E-state index contributed by atoms with van der Waals surface area (Å²) in [5.41, 5.74) is 0. The van der Waals surface area contributed by atoms with Crippen LogP contribution in [0.2, 0.25) is 0 Å². The summed E-state index contributed by atoms with van der Waals surface area (Å²) < 4.78 is 25.2. The zero-order valence-corrected chi connectivity index (χ0v) is 14.0. The highest BCUT2D eigenvalue weighted by Crippen LogP contribution is 2.58. The van der Waals surface area contributed by atoms with E-state index in [-0.39, 0.29) is 0 Å². The second kappa shape index (κ2) is 6.41. The quantitative estimate of drug-likeness (QED) is 0.576. The van der Waals surface area contributed by atoms with Crippen molar-refractivity contribution in [2.75, 3.05) is 0 Å². The van der Waals surface area contributed by atoms with Crippen molar-refractivity contribution >= 4 is 12.7 Å². The number of rotatable bonds is 5. The molecule has 0 aliphatic rings. The first-order valence-corrected chi connectivity index (χ1v) is 8.73. The van der Waals surface area contributed by atoms with Crippen LogP contribution in [0.5, 0.6) is 11.5 Å². The lowest BCUT2D eigenvalue weighted by Gasteiger charge is -2.32. The molecule has 3 nitrogen and oxygen atoms in total. The number of ether oxygens (including phenoxy) is 1. The fourth-order valence-corrected chi connectivity index (χ4v) is 4.28. The normalized spacial score (nSPS) is 14.0. The Balaban J connectivity index is 2.56. The summed E-state index contributed by atoms with van der Waals surface area (Å²) in [6.45, 7) is 9.29. The van der Waals surface area contributed by atoms with Gasteiger partial charge in [0.2, 0.25) is 0 Å². The molecule has 0 radical (unpaired) electrons. The Morgan fingerprint density at radius 3 is 2.18 bits per heavy atom. The van der Waals surface area contributed by atoms with Crippen molar-refractivity contribution in [1.82, 2.24) is 0 Å². The van der Waals surface area contributed by atoms with Crippen LogP contribution in [0.15, 0.2) is 67.4 Å². The van der Waals surface area contributed by atoms with Crippen molar-refractivity contribution in [3.05, 3.63) is 67.4 Å². The third-order valence-corrected chi connectivity index (χ3v) is 6.49. The van der Waals surface area contributed by atoms with Crippen LogP contribution in [0, 0.1) is 0 Å². The van der Waals surface area contributed by atoms with Crippen LogP contribution in [0.1, 0.15) is 20.8 Å². The molecule has 2 aromatic rings. The van der Waals surface area contributed by atoms with Crippen LogP contribution in [0.3, 0.4) is 0 Å². The van der Waals surface area contributed by atoms with Gasteiger partial charge in [-0.3, -0.25) is 4.57 Å². The zero-order chi connectivity index (χ0) is 16.2. The van der Waals surface area contributed by atoms with Gasteiger partial charge in [-0.15, -0.1) is 0 Å². The van der Waals surface area contributed by atoms with Crippen molar-refractivity contribution in [2.45, 2.75) is 25.9 Å². The van der Waals surface area contributed by atoms with E-state index in [2.05, 4.69) is 6.58 Å². The molecule has 2 rings (SSSR count). The molecular weight excluding hydrogens is 295 g/mol. The van der Waals surface area contributed by atoms with Crippen LogP contribution in [0.4, 0.5) is 0 Å². The summed E-state index contributed by atoms with van der Waals surface area (Å²) in [4.78, 5) is 0. The van der Waals surface area contributed by atoms with Gasteiger partial charge in [0.15, 0.2) is 0 Å². The summed E-state index contributed by atoms with van der Waals surface area (Å²) >= 11 is 0. The van der Waals surface area contributed by atoms with Gasteiger partial charge in [0.25, 0.3) is 7.37 Å². The summed E-state index contributed by atoms with van der Waals surface area (Å²) in [6, 6.07) is 16.4. The van der Waals surface area contributed by atoms with Gasteiger partial charge in [-0.1, -0.05) is 36.9 Å². The summed E-state index contributed by atoms with van der Waals surface area (Å²) in [5.74, 6) is 1.08. The number of hydrogen-bond acceptors (Lipinski definition) is 3. The Bertz CT molecular complexity index is 687. The highest BCUT2D eigenvalue weighted by Gasteiger charge is 2.43. The lowest BCUT2D eigenvalue weighted by molar-refractivity contribution is 0.454. The first-order valence-electron chi connectivity index (χ1n) is 7.10. The van der Waals surface area contributed by atoms with E-state index in [0.29, 0.717) is 16.8 Å². The summed E-state index contributed by atoms with van der Waals surface area (Å²) in [6.07, 6.45) is 1.33. The zero-order valence-electron chi connectivity index (χ0n) is 13.2. The van der Waals surface area contributed by atoms with E-state index in [0.717, 1.165) is 0 Å². The molecule has 0 aliphatic heterocycles. The van der Waals surface area contributed by atoms with E-state index in [1.807, 2.05) is 51.1 Å². The number of hydrogen-bond donors (Lipinski definition) is 0. The molecular formula is C18H21O3P. The maximum Gasteiger partial charge on any atom is 0.286 e. The van der Waals surface area contributed by atoms with Gasteiger partial charge in [0.05, 0.1) is 16.7 Å². The smallest absolute Gasteiger partial charge is 0.286 e. The van der Waals surface area contributed by atoms with E-state index in [4.69, 9.17) is 9.26 Å². The molecule has 2 aromatic carbocycles. The van der Waals surface area contributed by atoms with Gasteiger partial charge in [0.1, 0.15) is 11.5 Å². The molecule has 4 heteroatoms. The second-order valence-corrected chi connectivity index (χ2v) is 8.99. The van der Waals surface area contributed by atoms with Gasteiger partial charge in [-0.05, 0) is 45.0 Å². The number of benzene rings is 2. The third kappa shape index (κ3) is 3.26. The van der Waals surface area contributed by atoms with Gasteiger partial charge < -0.3 is 9.26 Å². The molecule has 0 spiro atoms. The van der Waals surface area contributed by atoms with E-state index in [1.165, 1.54) is 6.26 Å². The molecule has 0 bridgehead atoms. The molecule has 0 saturated heterocycles. The minimum Gasteiger partial charge on any atom is -0.465 e. The lowest BCUT2D eigenvalue weighted by Crippen LogP contribution is -2.27.